The molecule has 3 heteroatoms. The van der Waals surface area contributed by atoms with Crippen LogP contribution in [0.4, 0.5) is 11.4 Å². The Morgan fingerprint density at radius 1 is 1.11 bits per heavy atom. The van der Waals surface area contributed by atoms with Gasteiger partial charge in [0.25, 0.3) is 0 Å². The second-order valence-electron chi connectivity index (χ2n) is 5.31. The maximum absolute atomic E-state index is 4.23. The molecule has 0 radical (unpaired) electrons. The predicted molar refractivity (Wildman–Crippen MR) is 79.8 cm³/mol. The molecule has 3 rings (SSSR count). The Bertz CT molecular complexity index is 553. The van der Waals surface area contributed by atoms with Gasteiger partial charge < -0.3 is 10.2 Å². The molecule has 1 heterocycles. The fourth-order valence-electron chi connectivity index (χ4n) is 2.77. The molecule has 1 aliphatic carbocycles. The molecule has 1 aliphatic rings. The minimum atomic E-state index is 0.472. The average molecular weight is 253 g/mol. The Morgan fingerprint density at radius 2 is 1.79 bits per heavy atom. The summed E-state index contributed by atoms with van der Waals surface area (Å²) in [6.07, 6.45) is 5.94. The van der Waals surface area contributed by atoms with Crippen LogP contribution in [0.3, 0.4) is 0 Å². The highest BCUT2D eigenvalue weighted by atomic mass is 15.1. The van der Waals surface area contributed by atoms with Crippen LogP contribution in [0.15, 0.2) is 42.7 Å². The number of hydrogen-bond donors (Lipinski definition) is 1. The zero-order valence-corrected chi connectivity index (χ0v) is 11.4. The van der Waals surface area contributed by atoms with E-state index in [0.717, 1.165) is 18.5 Å². The Kier molecular flexibility index (Phi) is 3.11. The van der Waals surface area contributed by atoms with Crippen LogP contribution < -0.4 is 10.2 Å². The van der Waals surface area contributed by atoms with Gasteiger partial charge in [-0.05, 0) is 30.0 Å². The number of aromatic nitrogens is 1. The van der Waals surface area contributed by atoms with E-state index < -0.39 is 0 Å². The molecule has 2 aromatic rings. The highest BCUT2D eigenvalue weighted by Gasteiger charge is 2.21. The smallest absolute Gasteiger partial charge is 0.0766 e. The lowest BCUT2D eigenvalue weighted by molar-refractivity contribution is 0.773. The molecule has 98 valence electrons. The van der Waals surface area contributed by atoms with Crippen molar-refractivity contribution in [3.8, 4) is 0 Å². The lowest BCUT2D eigenvalue weighted by Crippen LogP contribution is -2.22. The van der Waals surface area contributed by atoms with Crippen molar-refractivity contribution in [2.24, 2.45) is 0 Å². The van der Waals surface area contributed by atoms with E-state index in [4.69, 9.17) is 0 Å². The van der Waals surface area contributed by atoms with Gasteiger partial charge in [-0.1, -0.05) is 24.3 Å². The number of nitrogens with one attached hydrogen (secondary N) is 1. The van der Waals surface area contributed by atoms with Crippen LogP contribution in [0.25, 0.3) is 0 Å². The average Bonchev–Trinajstić information content (AvgIpc) is 2.81. The number of hydrogen-bond acceptors (Lipinski definition) is 3. The van der Waals surface area contributed by atoms with Crippen molar-refractivity contribution in [2.75, 3.05) is 24.3 Å². The summed E-state index contributed by atoms with van der Waals surface area (Å²) in [4.78, 5) is 6.35. The Hall–Kier alpha value is -2.03. The van der Waals surface area contributed by atoms with Crippen molar-refractivity contribution < 1.29 is 0 Å². The zero-order chi connectivity index (χ0) is 13.2. The maximum atomic E-state index is 4.23. The summed E-state index contributed by atoms with van der Waals surface area (Å²) in [5.41, 5.74) is 5.24. The third kappa shape index (κ3) is 2.41. The van der Waals surface area contributed by atoms with E-state index in [1.165, 1.54) is 16.8 Å². The Labute approximate surface area is 114 Å². The minimum Gasteiger partial charge on any atom is -0.379 e. The molecule has 1 aromatic carbocycles. The molecule has 0 bridgehead atoms. The monoisotopic (exact) mass is 253 g/mol. The normalized spacial score (nSPS) is 14.2. The van der Waals surface area contributed by atoms with Gasteiger partial charge in [-0.25, -0.2) is 0 Å². The molecule has 0 aliphatic heterocycles. The van der Waals surface area contributed by atoms with Gasteiger partial charge in [-0.3, -0.25) is 4.98 Å². The summed E-state index contributed by atoms with van der Waals surface area (Å²) in [5.74, 6) is 0. The van der Waals surface area contributed by atoms with Crippen LogP contribution >= 0.6 is 0 Å². The minimum absolute atomic E-state index is 0.472. The van der Waals surface area contributed by atoms with Gasteiger partial charge >= 0.3 is 0 Å². The first-order chi connectivity index (χ1) is 9.24. The second kappa shape index (κ2) is 4.92. The number of pyridine rings is 1. The molecular weight excluding hydrogens is 234 g/mol. The molecule has 0 spiro atoms. The van der Waals surface area contributed by atoms with Crippen molar-refractivity contribution in [1.29, 1.82) is 0 Å². The van der Waals surface area contributed by atoms with Gasteiger partial charge in [0.05, 0.1) is 17.6 Å². The summed E-state index contributed by atoms with van der Waals surface area (Å²) >= 11 is 0. The first-order valence-electron chi connectivity index (χ1n) is 6.68. The summed E-state index contributed by atoms with van der Waals surface area (Å²) < 4.78 is 0. The Morgan fingerprint density at radius 3 is 2.42 bits per heavy atom. The SMILES string of the molecule is CN(C)c1ccncc1NC1Cc2ccccc2C1. The zero-order valence-electron chi connectivity index (χ0n) is 11.4. The highest BCUT2D eigenvalue weighted by molar-refractivity contribution is 5.68. The fourth-order valence-corrected chi connectivity index (χ4v) is 2.77. The number of fused-ring (bicyclic) bond motifs is 1. The lowest BCUT2D eigenvalue weighted by Gasteiger charge is -2.20. The predicted octanol–water partition coefficient (Wildman–Crippen LogP) is 2.73. The quantitative estimate of drug-likeness (QED) is 0.911. The van der Waals surface area contributed by atoms with Crippen molar-refractivity contribution in [2.45, 2.75) is 18.9 Å². The van der Waals surface area contributed by atoms with E-state index in [9.17, 15) is 0 Å². The molecule has 19 heavy (non-hydrogen) atoms. The first-order valence-corrected chi connectivity index (χ1v) is 6.68. The van der Waals surface area contributed by atoms with Gasteiger partial charge in [0.1, 0.15) is 0 Å². The van der Waals surface area contributed by atoms with Crippen molar-refractivity contribution in [3.63, 3.8) is 0 Å². The molecule has 0 atom stereocenters. The van der Waals surface area contributed by atoms with Crippen LogP contribution in [0.5, 0.6) is 0 Å². The maximum Gasteiger partial charge on any atom is 0.0766 e. The van der Waals surface area contributed by atoms with Crippen LogP contribution in [-0.4, -0.2) is 25.1 Å². The van der Waals surface area contributed by atoms with Gasteiger partial charge in [0.15, 0.2) is 0 Å². The summed E-state index contributed by atoms with van der Waals surface area (Å²) in [6, 6.07) is 11.2. The number of anilines is 2. The molecule has 0 saturated heterocycles. The first kappa shape index (κ1) is 12.0. The van der Waals surface area contributed by atoms with Crippen LogP contribution in [0.2, 0.25) is 0 Å². The molecule has 0 amide bonds. The standard InChI is InChI=1S/C16H19N3/c1-19(2)16-7-8-17-11-15(16)18-14-9-12-5-3-4-6-13(12)10-14/h3-8,11,14,18H,9-10H2,1-2H3. The van der Waals surface area contributed by atoms with E-state index in [1.54, 1.807) is 0 Å². The molecular formula is C16H19N3. The van der Waals surface area contributed by atoms with E-state index in [-0.39, 0.29) is 0 Å². The van der Waals surface area contributed by atoms with Crippen LogP contribution in [0.1, 0.15) is 11.1 Å². The number of rotatable bonds is 3. The van der Waals surface area contributed by atoms with Crippen molar-refractivity contribution >= 4 is 11.4 Å². The largest absolute Gasteiger partial charge is 0.379 e. The molecule has 1 aromatic heterocycles. The summed E-state index contributed by atoms with van der Waals surface area (Å²) in [7, 11) is 4.12. The number of nitrogens with zero attached hydrogens (tertiary/aromatic N) is 2. The van der Waals surface area contributed by atoms with E-state index in [0.29, 0.717) is 6.04 Å². The molecule has 0 fully saturated rings. The van der Waals surface area contributed by atoms with Gasteiger partial charge in [0, 0.05) is 26.3 Å². The Balaban J connectivity index is 1.78. The van der Waals surface area contributed by atoms with Crippen LogP contribution in [0, 0.1) is 0 Å². The summed E-state index contributed by atoms with van der Waals surface area (Å²) in [6.45, 7) is 0. The van der Waals surface area contributed by atoms with E-state index >= 15 is 0 Å². The van der Waals surface area contributed by atoms with Crippen molar-refractivity contribution in [1.82, 2.24) is 4.98 Å². The van der Waals surface area contributed by atoms with Crippen LogP contribution in [-0.2, 0) is 12.8 Å². The fraction of sp³-hybridized carbons (Fsp3) is 0.312. The topological polar surface area (TPSA) is 28.2 Å². The number of benzene rings is 1. The molecule has 1 N–H and O–H groups in total. The van der Waals surface area contributed by atoms with E-state index in [1.807, 2.05) is 18.5 Å². The van der Waals surface area contributed by atoms with Gasteiger partial charge in [-0.2, -0.15) is 0 Å². The molecule has 0 unspecified atom stereocenters. The van der Waals surface area contributed by atoms with E-state index in [2.05, 4.69) is 53.6 Å². The van der Waals surface area contributed by atoms with Gasteiger partial charge in [-0.15, -0.1) is 0 Å². The third-order valence-electron chi connectivity index (χ3n) is 3.69. The van der Waals surface area contributed by atoms with Gasteiger partial charge in [0.2, 0.25) is 0 Å². The second-order valence-corrected chi connectivity index (χ2v) is 5.31. The summed E-state index contributed by atoms with van der Waals surface area (Å²) in [5, 5.41) is 3.63. The lowest BCUT2D eigenvalue weighted by atomic mass is 10.1. The highest BCUT2D eigenvalue weighted by Crippen LogP contribution is 2.28. The molecule has 0 saturated carbocycles. The molecule has 3 nitrogen and oxygen atoms in total. The third-order valence-corrected chi connectivity index (χ3v) is 3.69. The van der Waals surface area contributed by atoms with Crippen molar-refractivity contribution in [3.05, 3.63) is 53.9 Å².